The molecule has 0 fully saturated rings. The number of nitrogens with one attached hydrogen (secondary N) is 1. The summed E-state index contributed by atoms with van der Waals surface area (Å²) in [5.41, 5.74) is 2.13. The normalized spacial score (nSPS) is 10.8. The molecule has 1 N–H and O–H groups in total. The van der Waals surface area contributed by atoms with Gasteiger partial charge in [-0.1, -0.05) is 0 Å². The van der Waals surface area contributed by atoms with Crippen molar-refractivity contribution < 1.29 is 0 Å². The molecule has 0 aromatic carbocycles. The van der Waals surface area contributed by atoms with E-state index in [1.54, 1.807) is 22.0 Å². The van der Waals surface area contributed by atoms with Gasteiger partial charge in [-0.05, 0) is 28.5 Å². The average molecular weight is 230 g/mol. The first-order chi connectivity index (χ1) is 7.92. The van der Waals surface area contributed by atoms with Crippen LogP contribution in [0.5, 0.6) is 0 Å². The number of hydrogen-bond donors (Lipinski definition) is 1. The van der Waals surface area contributed by atoms with Crippen molar-refractivity contribution in [1.82, 2.24) is 14.6 Å². The van der Waals surface area contributed by atoms with Gasteiger partial charge in [0, 0.05) is 18.8 Å². The van der Waals surface area contributed by atoms with Crippen LogP contribution in [0.3, 0.4) is 0 Å². The lowest BCUT2D eigenvalue weighted by molar-refractivity contribution is 0.936. The van der Waals surface area contributed by atoms with Crippen LogP contribution in [0.25, 0.3) is 5.65 Å². The summed E-state index contributed by atoms with van der Waals surface area (Å²) in [6.07, 6.45) is 3.64. The largest absolute Gasteiger partial charge is 0.366 e. The van der Waals surface area contributed by atoms with E-state index in [0.717, 1.165) is 18.0 Å². The molecule has 3 rings (SSSR count). The Kier molecular flexibility index (Phi) is 2.30. The molecule has 0 saturated carbocycles. The van der Waals surface area contributed by atoms with Crippen molar-refractivity contribution in [2.45, 2.75) is 6.54 Å². The lowest BCUT2D eigenvalue weighted by Gasteiger charge is -2.03. The minimum Gasteiger partial charge on any atom is -0.366 e. The zero-order chi connectivity index (χ0) is 10.8. The van der Waals surface area contributed by atoms with Crippen LogP contribution < -0.4 is 5.32 Å². The number of rotatable bonds is 3. The van der Waals surface area contributed by atoms with Crippen LogP contribution in [-0.4, -0.2) is 14.6 Å². The summed E-state index contributed by atoms with van der Waals surface area (Å²) < 4.78 is 1.75. The number of hydrogen-bond acceptors (Lipinski definition) is 4. The van der Waals surface area contributed by atoms with Gasteiger partial charge in [0.25, 0.3) is 0 Å². The van der Waals surface area contributed by atoms with Gasteiger partial charge in [-0.2, -0.15) is 16.4 Å². The Balaban J connectivity index is 1.78. The molecule has 0 spiro atoms. The predicted molar refractivity (Wildman–Crippen MR) is 64.6 cm³/mol. The van der Waals surface area contributed by atoms with E-state index in [-0.39, 0.29) is 0 Å². The third-order valence-electron chi connectivity index (χ3n) is 2.31. The first-order valence-corrected chi connectivity index (χ1v) is 5.91. The minimum absolute atomic E-state index is 0.806. The van der Waals surface area contributed by atoms with Crippen LogP contribution in [-0.2, 0) is 6.54 Å². The van der Waals surface area contributed by atoms with Gasteiger partial charge in [-0.25, -0.2) is 9.50 Å². The minimum atomic E-state index is 0.806. The first kappa shape index (κ1) is 9.35. The maximum atomic E-state index is 4.43. The molecule has 5 heteroatoms. The van der Waals surface area contributed by atoms with E-state index in [0.29, 0.717) is 0 Å². The third-order valence-corrected chi connectivity index (χ3v) is 3.04. The van der Waals surface area contributed by atoms with E-state index in [4.69, 9.17) is 0 Å². The van der Waals surface area contributed by atoms with Crippen LogP contribution in [0.4, 0.5) is 5.82 Å². The number of nitrogens with zero attached hydrogens (tertiary/aromatic N) is 3. The van der Waals surface area contributed by atoms with Crippen LogP contribution in [0, 0.1) is 0 Å². The molecule has 0 unspecified atom stereocenters. The van der Waals surface area contributed by atoms with E-state index in [1.165, 1.54) is 5.56 Å². The van der Waals surface area contributed by atoms with E-state index >= 15 is 0 Å². The van der Waals surface area contributed by atoms with Gasteiger partial charge in [0.1, 0.15) is 5.82 Å². The number of fused-ring (bicyclic) bond motifs is 1. The highest BCUT2D eigenvalue weighted by molar-refractivity contribution is 7.07. The zero-order valence-electron chi connectivity index (χ0n) is 8.50. The Morgan fingerprint density at radius 3 is 3.19 bits per heavy atom. The molecule has 0 saturated heterocycles. The highest BCUT2D eigenvalue weighted by atomic mass is 32.1. The van der Waals surface area contributed by atoms with E-state index in [2.05, 4.69) is 32.2 Å². The highest BCUT2D eigenvalue weighted by Gasteiger charge is 1.98. The standard InChI is InChI=1S/C11H10N4S/c1-4-13-15-5-2-10(14-11(1)15)12-7-9-3-6-16-8-9/h1-6,8H,7H2,(H,12,14). The molecule has 3 aromatic heterocycles. The molecule has 0 aliphatic carbocycles. The second-order valence-electron chi connectivity index (χ2n) is 3.43. The average Bonchev–Trinajstić information content (AvgIpc) is 2.97. The van der Waals surface area contributed by atoms with Gasteiger partial charge >= 0.3 is 0 Å². The highest BCUT2D eigenvalue weighted by Crippen LogP contribution is 2.10. The summed E-state index contributed by atoms with van der Waals surface area (Å²) in [6.45, 7) is 0.806. The summed E-state index contributed by atoms with van der Waals surface area (Å²) in [4.78, 5) is 4.43. The fraction of sp³-hybridized carbons (Fsp3) is 0.0909. The summed E-state index contributed by atoms with van der Waals surface area (Å²) in [5, 5.41) is 11.6. The van der Waals surface area contributed by atoms with Crippen molar-refractivity contribution >= 4 is 22.8 Å². The van der Waals surface area contributed by atoms with Crippen LogP contribution in [0.15, 0.2) is 41.4 Å². The summed E-state index contributed by atoms with van der Waals surface area (Å²) in [7, 11) is 0. The Labute approximate surface area is 96.6 Å². The van der Waals surface area contributed by atoms with Crippen molar-refractivity contribution in [3.05, 3.63) is 46.9 Å². The maximum absolute atomic E-state index is 4.43. The Bertz CT molecular complexity index is 585. The molecule has 0 aliphatic heterocycles. The maximum Gasteiger partial charge on any atom is 0.157 e. The Morgan fingerprint density at radius 1 is 1.31 bits per heavy atom. The predicted octanol–water partition coefficient (Wildman–Crippen LogP) is 2.40. The Morgan fingerprint density at radius 2 is 2.31 bits per heavy atom. The van der Waals surface area contributed by atoms with Crippen LogP contribution in [0.2, 0.25) is 0 Å². The van der Waals surface area contributed by atoms with Gasteiger partial charge in [-0.3, -0.25) is 0 Å². The van der Waals surface area contributed by atoms with Gasteiger partial charge in [-0.15, -0.1) is 0 Å². The number of aromatic nitrogens is 3. The van der Waals surface area contributed by atoms with Gasteiger partial charge in [0.2, 0.25) is 0 Å². The molecule has 4 nitrogen and oxygen atoms in total. The van der Waals surface area contributed by atoms with E-state index in [1.807, 2.05) is 18.3 Å². The molecule has 0 bridgehead atoms. The van der Waals surface area contributed by atoms with Gasteiger partial charge in [0.05, 0.1) is 6.20 Å². The van der Waals surface area contributed by atoms with Crippen molar-refractivity contribution in [2.24, 2.45) is 0 Å². The molecule has 0 aliphatic rings. The summed E-state index contributed by atoms with van der Waals surface area (Å²) in [6, 6.07) is 5.91. The topological polar surface area (TPSA) is 42.2 Å². The molecule has 3 heterocycles. The fourth-order valence-corrected chi connectivity index (χ4v) is 2.17. The van der Waals surface area contributed by atoms with Gasteiger partial charge in [0.15, 0.2) is 5.65 Å². The smallest absolute Gasteiger partial charge is 0.157 e. The first-order valence-electron chi connectivity index (χ1n) is 4.97. The Hall–Kier alpha value is -1.88. The van der Waals surface area contributed by atoms with Gasteiger partial charge < -0.3 is 5.32 Å². The lowest BCUT2D eigenvalue weighted by Crippen LogP contribution is -2.01. The molecule has 3 aromatic rings. The monoisotopic (exact) mass is 230 g/mol. The van der Waals surface area contributed by atoms with Crippen LogP contribution in [0.1, 0.15) is 5.56 Å². The lowest BCUT2D eigenvalue weighted by atomic mass is 10.3. The molecule has 16 heavy (non-hydrogen) atoms. The molecular formula is C11H10N4S. The summed E-state index contributed by atoms with van der Waals surface area (Å²) in [5.74, 6) is 0.874. The van der Waals surface area contributed by atoms with E-state index in [9.17, 15) is 0 Å². The quantitative estimate of drug-likeness (QED) is 0.751. The van der Waals surface area contributed by atoms with E-state index < -0.39 is 0 Å². The molecule has 0 amide bonds. The van der Waals surface area contributed by atoms with Crippen molar-refractivity contribution in [3.63, 3.8) is 0 Å². The number of thiophene rings is 1. The summed E-state index contributed by atoms with van der Waals surface area (Å²) >= 11 is 1.70. The zero-order valence-corrected chi connectivity index (χ0v) is 9.31. The third kappa shape index (κ3) is 1.77. The fourth-order valence-electron chi connectivity index (χ4n) is 1.50. The van der Waals surface area contributed by atoms with Crippen molar-refractivity contribution in [2.75, 3.05) is 5.32 Å². The molecule has 0 radical (unpaired) electrons. The number of anilines is 1. The van der Waals surface area contributed by atoms with Crippen molar-refractivity contribution in [1.29, 1.82) is 0 Å². The second kappa shape index (κ2) is 3.94. The molecular weight excluding hydrogens is 220 g/mol. The second-order valence-corrected chi connectivity index (χ2v) is 4.21. The van der Waals surface area contributed by atoms with Crippen molar-refractivity contribution in [3.8, 4) is 0 Å². The van der Waals surface area contributed by atoms with Crippen LogP contribution >= 0.6 is 11.3 Å². The SMILES string of the molecule is c1cc2nc(NCc3ccsc3)ccn2n1. The molecule has 80 valence electrons. The molecule has 0 atom stereocenters.